The lowest BCUT2D eigenvalue weighted by Crippen LogP contribution is -2.49. The van der Waals surface area contributed by atoms with Crippen molar-refractivity contribution in [3.63, 3.8) is 0 Å². The first-order chi connectivity index (χ1) is 7.69. The Morgan fingerprint density at radius 1 is 1.12 bits per heavy atom. The zero-order chi connectivity index (χ0) is 11.2. The highest BCUT2D eigenvalue weighted by atomic mass is 14.9. The Labute approximate surface area is 99.4 Å². The average Bonchev–Trinajstić information content (AvgIpc) is 2.13. The van der Waals surface area contributed by atoms with Crippen LogP contribution in [-0.2, 0) is 0 Å². The molecule has 0 saturated heterocycles. The maximum Gasteiger partial charge on any atom is 0.0170 e. The van der Waals surface area contributed by atoms with Gasteiger partial charge in [0.2, 0.25) is 0 Å². The van der Waals surface area contributed by atoms with Crippen molar-refractivity contribution in [2.24, 2.45) is 28.9 Å². The van der Waals surface area contributed by atoms with Crippen molar-refractivity contribution in [2.45, 2.75) is 51.0 Å². The van der Waals surface area contributed by atoms with E-state index in [9.17, 15) is 0 Å². The van der Waals surface area contributed by atoms with Crippen molar-refractivity contribution < 1.29 is 0 Å². The first-order valence-corrected chi connectivity index (χ1v) is 7.09. The Bertz CT molecular complexity index is 226. The molecule has 0 aromatic rings. The second-order valence-electron chi connectivity index (χ2n) is 6.94. The van der Waals surface area contributed by atoms with Gasteiger partial charge in [-0.2, -0.15) is 0 Å². The molecule has 0 spiro atoms. The molecule has 2 nitrogen and oxygen atoms in total. The van der Waals surface area contributed by atoms with Crippen LogP contribution in [0.2, 0.25) is 0 Å². The number of rotatable bonds is 4. The standard InChI is InChI=1S/C14H26N2/c1-16-9-13(15)8-14-5-10-2-11(6-14)4-12(3-10)7-14/h10-13,16H,2-9,15H2,1H3/t10?,11?,12?,13-,14?/m0/s1. The molecule has 4 aliphatic rings. The van der Waals surface area contributed by atoms with E-state index in [0.717, 1.165) is 24.3 Å². The largest absolute Gasteiger partial charge is 0.327 e. The summed E-state index contributed by atoms with van der Waals surface area (Å²) in [6, 6.07) is 0.376. The first kappa shape index (κ1) is 11.0. The van der Waals surface area contributed by atoms with Gasteiger partial charge in [-0.05, 0) is 75.2 Å². The van der Waals surface area contributed by atoms with Gasteiger partial charge >= 0.3 is 0 Å². The predicted molar refractivity (Wildman–Crippen MR) is 67.1 cm³/mol. The minimum Gasteiger partial charge on any atom is -0.327 e. The molecular weight excluding hydrogens is 196 g/mol. The van der Waals surface area contributed by atoms with Crippen molar-refractivity contribution in [3.05, 3.63) is 0 Å². The molecule has 4 fully saturated rings. The van der Waals surface area contributed by atoms with Crippen LogP contribution in [0.5, 0.6) is 0 Å². The van der Waals surface area contributed by atoms with E-state index in [1.807, 2.05) is 7.05 Å². The van der Waals surface area contributed by atoms with E-state index in [-0.39, 0.29) is 0 Å². The number of likely N-dealkylation sites (N-methyl/N-ethyl adjacent to an activating group) is 1. The summed E-state index contributed by atoms with van der Waals surface area (Å²) >= 11 is 0. The van der Waals surface area contributed by atoms with Crippen LogP contribution in [0.25, 0.3) is 0 Å². The molecule has 0 unspecified atom stereocenters. The van der Waals surface area contributed by atoms with Crippen molar-refractivity contribution in [2.75, 3.05) is 13.6 Å². The third kappa shape index (κ3) is 1.91. The minimum absolute atomic E-state index is 0.376. The maximum atomic E-state index is 6.24. The smallest absolute Gasteiger partial charge is 0.0170 e. The second kappa shape index (κ2) is 3.99. The van der Waals surface area contributed by atoms with Crippen molar-refractivity contribution >= 4 is 0 Å². The SMILES string of the molecule is CNC[C@@H](N)CC12CC3CC(CC(C3)C1)C2. The summed E-state index contributed by atoms with van der Waals surface area (Å²) in [6.07, 6.45) is 10.4. The van der Waals surface area contributed by atoms with Gasteiger partial charge in [0.25, 0.3) is 0 Å². The summed E-state index contributed by atoms with van der Waals surface area (Å²) in [5.41, 5.74) is 6.90. The summed E-state index contributed by atoms with van der Waals surface area (Å²) in [5.74, 6) is 3.19. The van der Waals surface area contributed by atoms with Crippen LogP contribution in [0.1, 0.15) is 44.9 Å². The molecule has 16 heavy (non-hydrogen) atoms. The van der Waals surface area contributed by atoms with Crippen LogP contribution in [0, 0.1) is 23.2 Å². The summed E-state index contributed by atoms with van der Waals surface area (Å²) in [5, 5.41) is 3.23. The fourth-order valence-corrected chi connectivity index (χ4v) is 5.43. The third-order valence-corrected chi connectivity index (χ3v) is 5.33. The van der Waals surface area contributed by atoms with Crippen LogP contribution in [0.3, 0.4) is 0 Å². The fraction of sp³-hybridized carbons (Fsp3) is 1.00. The lowest BCUT2D eigenvalue weighted by molar-refractivity contribution is -0.0601. The van der Waals surface area contributed by atoms with Crippen LogP contribution in [0.4, 0.5) is 0 Å². The normalized spacial score (nSPS) is 47.2. The Balaban J connectivity index is 1.68. The molecule has 4 bridgehead atoms. The van der Waals surface area contributed by atoms with Crippen LogP contribution >= 0.6 is 0 Å². The lowest BCUT2D eigenvalue weighted by atomic mass is 9.48. The average molecular weight is 222 g/mol. The molecule has 4 aliphatic carbocycles. The van der Waals surface area contributed by atoms with Crippen molar-refractivity contribution in [1.29, 1.82) is 0 Å². The summed E-state index contributed by atoms with van der Waals surface area (Å²) in [4.78, 5) is 0. The number of hydrogen-bond donors (Lipinski definition) is 2. The Hall–Kier alpha value is -0.0800. The van der Waals surface area contributed by atoms with Gasteiger partial charge in [-0.15, -0.1) is 0 Å². The molecule has 0 aromatic heterocycles. The van der Waals surface area contributed by atoms with E-state index in [1.165, 1.54) is 25.7 Å². The molecule has 0 aromatic carbocycles. The summed E-state index contributed by atoms with van der Waals surface area (Å²) in [6.45, 7) is 0.988. The minimum atomic E-state index is 0.376. The van der Waals surface area contributed by atoms with Gasteiger partial charge in [-0.3, -0.25) is 0 Å². The molecule has 0 radical (unpaired) electrons. The Morgan fingerprint density at radius 3 is 2.06 bits per heavy atom. The Kier molecular flexibility index (Phi) is 2.75. The molecule has 4 saturated carbocycles. The van der Waals surface area contributed by atoms with Crippen LogP contribution < -0.4 is 11.1 Å². The van der Waals surface area contributed by atoms with Crippen molar-refractivity contribution in [3.8, 4) is 0 Å². The topological polar surface area (TPSA) is 38.0 Å². The van der Waals surface area contributed by atoms with Crippen LogP contribution in [-0.4, -0.2) is 19.6 Å². The highest BCUT2D eigenvalue weighted by Gasteiger charge is 2.50. The Morgan fingerprint density at radius 2 is 1.62 bits per heavy atom. The van der Waals surface area contributed by atoms with Gasteiger partial charge in [0, 0.05) is 12.6 Å². The molecule has 4 rings (SSSR count). The molecule has 0 amide bonds. The summed E-state index contributed by atoms with van der Waals surface area (Å²) < 4.78 is 0. The van der Waals surface area contributed by atoms with E-state index in [2.05, 4.69) is 5.32 Å². The van der Waals surface area contributed by atoms with Crippen molar-refractivity contribution in [1.82, 2.24) is 5.32 Å². The summed E-state index contributed by atoms with van der Waals surface area (Å²) in [7, 11) is 2.01. The van der Waals surface area contributed by atoms with Gasteiger partial charge in [-0.25, -0.2) is 0 Å². The van der Waals surface area contributed by atoms with E-state index in [4.69, 9.17) is 5.73 Å². The number of nitrogens with one attached hydrogen (secondary N) is 1. The molecule has 1 atom stereocenters. The molecular formula is C14H26N2. The molecule has 92 valence electrons. The first-order valence-electron chi connectivity index (χ1n) is 7.09. The van der Waals surface area contributed by atoms with Gasteiger partial charge in [0.05, 0.1) is 0 Å². The zero-order valence-corrected chi connectivity index (χ0v) is 10.5. The number of nitrogens with two attached hydrogens (primary N) is 1. The maximum absolute atomic E-state index is 6.24. The van der Waals surface area contributed by atoms with Crippen LogP contribution in [0.15, 0.2) is 0 Å². The van der Waals surface area contributed by atoms with Gasteiger partial charge in [0.1, 0.15) is 0 Å². The molecule has 3 N–H and O–H groups in total. The number of hydrogen-bond acceptors (Lipinski definition) is 2. The molecule has 0 heterocycles. The van der Waals surface area contributed by atoms with E-state index in [0.29, 0.717) is 11.5 Å². The van der Waals surface area contributed by atoms with E-state index >= 15 is 0 Å². The van der Waals surface area contributed by atoms with Gasteiger partial charge in [0.15, 0.2) is 0 Å². The quantitative estimate of drug-likeness (QED) is 0.765. The molecule has 0 aliphatic heterocycles. The second-order valence-corrected chi connectivity index (χ2v) is 6.94. The lowest BCUT2D eigenvalue weighted by Gasteiger charge is -2.57. The predicted octanol–water partition coefficient (Wildman–Crippen LogP) is 2.14. The molecule has 2 heteroatoms. The fourth-order valence-electron chi connectivity index (χ4n) is 5.43. The monoisotopic (exact) mass is 222 g/mol. The van der Waals surface area contributed by atoms with Gasteiger partial charge in [-0.1, -0.05) is 0 Å². The third-order valence-electron chi connectivity index (χ3n) is 5.33. The van der Waals surface area contributed by atoms with E-state index in [1.54, 1.807) is 19.3 Å². The van der Waals surface area contributed by atoms with E-state index < -0.39 is 0 Å². The zero-order valence-electron chi connectivity index (χ0n) is 10.5. The highest BCUT2D eigenvalue weighted by Crippen LogP contribution is 2.61. The highest BCUT2D eigenvalue weighted by molar-refractivity contribution is 5.02. The van der Waals surface area contributed by atoms with Gasteiger partial charge < -0.3 is 11.1 Å².